The van der Waals surface area contributed by atoms with Gasteiger partial charge in [0.15, 0.2) is 0 Å². The summed E-state index contributed by atoms with van der Waals surface area (Å²) in [7, 11) is 0. The van der Waals surface area contributed by atoms with Gasteiger partial charge in [-0.1, -0.05) is 42.5 Å². The first-order valence-electron chi connectivity index (χ1n) is 9.07. The molecule has 2 atom stereocenters. The smallest absolute Gasteiger partial charge is 0.248 e. The lowest BCUT2D eigenvalue weighted by Gasteiger charge is -2.37. The Morgan fingerprint density at radius 1 is 1.22 bits per heavy atom. The molecule has 0 radical (unpaired) electrons. The second-order valence-electron chi connectivity index (χ2n) is 6.54. The van der Waals surface area contributed by atoms with E-state index in [1.165, 1.54) is 0 Å². The Balaban J connectivity index is 1.62. The van der Waals surface area contributed by atoms with E-state index >= 15 is 0 Å². The number of rotatable bonds is 6. The molecule has 2 N–H and O–H groups in total. The van der Waals surface area contributed by atoms with Crippen LogP contribution in [0.15, 0.2) is 54.6 Å². The highest BCUT2D eigenvalue weighted by Gasteiger charge is 2.33. The number of likely N-dealkylation sites (N-methyl/N-ethyl adjacent to an activating group) is 1. The molecular formula is C21H24N2O4. The summed E-state index contributed by atoms with van der Waals surface area (Å²) in [5.41, 5.74) is 2.29. The quantitative estimate of drug-likeness (QED) is 0.819. The van der Waals surface area contributed by atoms with Crippen LogP contribution < -0.4 is 5.32 Å². The van der Waals surface area contributed by atoms with Gasteiger partial charge >= 0.3 is 0 Å². The second-order valence-corrected chi connectivity index (χ2v) is 6.54. The summed E-state index contributed by atoms with van der Waals surface area (Å²) >= 11 is 0. The normalized spacial score (nSPS) is 18.2. The molecular weight excluding hydrogens is 344 g/mol. The molecule has 0 aromatic heterocycles. The van der Waals surface area contributed by atoms with Crippen LogP contribution in [0.1, 0.15) is 24.2 Å². The number of hydrogen-bond donors (Lipinski definition) is 2. The number of carbonyl (C=O) groups is 2. The van der Waals surface area contributed by atoms with Crippen molar-refractivity contribution < 1.29 is 19.4 Å². The van der Waals surface area contributed by atoms with Crippen molar-refractivity contribution in [2.75, 3.05) is 25.1 Å². The van der Waals surface area contributed by atoms with Crippen LogP contribution in [0.3, 0.4) is 0 Å². The standard InChI is InChI=1S/C21H24N2O4/c1-2-23-18(13-27-14-20(23)25)21(26)16-8-10-17(11-9-16)22-19(24)12-15-6-4-3-5-7-15/h3-11,18,21,26H,2,12-14H2,1H3,(H,22,24)/t18-,21-/m1/s1. The third-order valence-corrected chi connectivity index (χ3v) is 4.68. The molecule has 1 aliphatic rings. The van der Waals surface area contributed by atoms with Gasteiger partial charge in [0.25, 0.3) is 0 Å². The van der Waals surface area contributed by atoms with E-state index in [0.29, 0.717) is 30.8 Å². The van der Waals surface area contributed by atoms with Gasteiger partial charge in [-0.05, 0) is 30.2 Å². The van der Waals surface area contributed by atoms with Crippen LogP contribution in [-0.4, -0.2) is 47.6 Å². The Morgan fingerprint density at radius 2 is 1.93 bits per heavy atom. The molecule has 2 aromatic carbocycles. The first-order valence-corrected chi connectivity index (χ1v) is 9.07. The van der Waals surface area contributed by atoms with Crippen molar-refractivity contribution in [2.24, 2.45) is 0 Å². The van der Waals surface area contributed by atoms with Gasteiger partial charge in [0.1, 0.15) is 12.7 Å². The second kappa shape index (κ2) is 8.79. The minimum absolute atomic E-state index is 0.0590. The summed E-state index contributed by atoms with van der Waals surface area (Å²) in [5, 5.41) is 13.5. The molecule has 0 aliphatic carbocycles. The number of hydrogen-bond acceptors (Lipinski definition) is 4. The molecule has 1 heterocycles. The van der Waals surface area contributed by atoms with Crippen LogP contribution in [-0.2, 0) is 20.7 Å². The van der Waals surface area contributed by atoms with Crippen LogP contribution in [0.4, 0.5) is 5.69 Å². The lowest BCUT2D eigenvalue weighted by Crippen LogP contribution is -2.51. The maximum atomic E-state index is 12.1. The van der Waals surface area contributed by atoms with Crippen molar-refractivity contribution in [1.29, 1.82) is 0 Å². The molecule has 27 heavy (non-hydrogen) atoms. The van der Waals surface area contributed by atoms with Gasteiger partial charge < -0.3 is 20.1 Å². The summed E-state index contributed by atoms with van der Waals surface area (Å²) in [6.07, 6.45) is -0.540. The number of aliphatic hydroxyl groups excluding tert-OH is 1. The highest BCUT2D eigenvalue weighted by atomic mass is 16.5. The lowest BCUT2D eigenvalue weighted by molar-refractivity contribution is -0.153. The van der Waals surface area contributed by atoms with Crippen molar-refractivity contribution in [3.05, 3.63) is 65.7 Å². The average Bonchev–Trinajstić information content (AvgIpc) is 2.68. The number of benzene rings is 2. The third kappa shape index (κ3) is 4.72. The first-order chi connectivity index (χ1) is 13.1. The number of carbonyl (C=O) groups excluding carboxylic acids is 2. The predicted molar refractivity (Wildman–Crippen MR) is 102 cm³/mol. The number of nitrogens with zero attached hydrogens (tertiary/aromatic N) is 1. The number of amides is 2. The molecule has 1 aliphatic heterocycles. The molecule has 3 rings (SSSR count). The minimum atomic E-state index is -0.844. The Kier molecular flexibility index (Phi) is 6.21. The summed E-state index contributed by atoms with van der Waals surface area (Å²) in [5.74, 6) is -0.212. The molecule has 6 heteroatoms. The van der Waals surface area contributed by atoms with Gasteiger partial charge in [-0.25, -0.2) is 0 Å². The van der Waals surface area contributed by atoms with E-state index < -0.39 is 12.1 Å². The Hall–Kier alpha value is -2.70. The highest BCUT2D eigenvalue weighted by Crippen LogP contribution is 2.25. The molecule has 6 nitrogen and oxygen atoms in total. The molecule has 2 aromatic rings. The summed E-state index contributed by atoms with van der Waals surface area (Å²) < 4.78 is 5.29. The van der Waals surface area contributed by atoms with Gasteiger partial charge in [-0.2, -0.15) is 0 Å². The van der Waals surface area contributed by atoms with Crippen molar-refractivity contribution in [3.63, 3.8) is 0 Å². The summed E-state index contributed by atoms with van der Waals surface area (Å²) in [6, 6.07) is 16.2. The molecule has 0 bridgehead atoms. The number of morpholine rings is 1. The van der Waals surface area contributed by atoms with Crippen LogP contribution in [0.5, 0.6) is 0 Å². The topological polar surface area (TPSA) is 78.9 Å². The van der Waals surface area contributed by atoms with Crippen molar-refractivity contribution in [2.45, 2.75) is 25.5 Å². The fourth-order valence-corrected chi connectivity index (χ4v) is 3.27. The van der Waals surface area contributed by atoms with Gasteiger partial charge in [0.2, 0.25) is 11.8 Å². The van der Waals surface area contributed by atoms with E-state index in [9.17, 15) is 14.7 Å². The first kappa shape index (κ1) is 19.1. The van der Waals surface area contributed by atoms with Crippen LogP contribution >= 0.6 is 0 Å². The van der Waals surface area contributed by atoms with E-state index in [4.69, 9.17) is 4.74 Å². The van der Waals surface area contributed by atoms with E-state index in [2.05, 4.69) is 5.32 Å². The maximum absolute atomic E-state index is 12.1. The molecule has 2 amide bonds. The zero-order valence-corrected chi connectivity index (χ0v) is 15.3. The van der Waals surface area contributed by atoms with Crippen LogP contribution in [0, 0.1) is 0 Å². The average molecular weight is 368 g/mol. The third-order valence-electron chi connectivity index (χ3n) is 4.68. The fourth-order valence-electron chi connectivity index (χ4n) is 3.27. The van der Waals surface area contributed by atoms with Gasteiger partial charge in [0.05, 0.1) is 19.1 Å². The fraction of sp³-hybridized carbons (Fsp3) is 0.333. The van der Waals surface area contributed by atoms with E-state index in [1.54, 1.807) is 29.2 Å². The Morgan fingerprint density at radius 3 is 2.59 bits per heavy atom. The van der Waals surface area contributed by atoms with Crippen LogP contribution in [0.2, 0.25) is 0 Å². The maximum Gasteiger partial charge on any atom is 0.248 e. The SMILES string of the molecule is CCN1C(=O)COC[C@@H]1[C@H](O)c1ccc(NC(=O)Cc2ccccc2)cc1. The molecule has 142 valence electrons. The van der Waals surface area contributed by atoms with E-state index in [1.807, 2.05) is 37.3 Å². The Labute approximate surface area is 158 Å². The zero-order valence-electron chi connectivity index (χ0n) is 15.3. The summed E-state index contributed by atoms with van der Waals surface area (Å²) in [6.45, 7) is 2.77. The van der Waals surface area contributed by atoms with Crippen molar-refractivity contribution in [3.8, 4) is 0 Å². The molecule has 1 fully saturated rings. The zero-order chi connectivity index (χ0) is 19.2. The number of nitrogens with one attached hydrogen (secondary N) is 1. The number of ether oxygens (including phenoxy) is 1. The number of aliphatic hydroxyl groups is 1. The molecule has 0 unspecified atom stereocenters. The van der Waals surface area contributed by atoms with Gasteiger partial charge in [-0.3, -0.25) is 9.59 Å². The van der Waals surface area contributed by atoms with Gasteiger partial charge in [0, 0.05) is 12.2 Å². The molecule has 0 spiro atoms. The number of anilines is 1. The molecule has 1 saturated heterocycles. The van der Waals surface area contributed by atoms with E-state index in [0.717, 1.165) is 5.56 Å². The molecule has 0 saturated carbocycles. The van der Waals surface area contributed by atoms with E-state index in [-0.39, 0.29) is 18.4 Å². The highest BCUT2D eigenvalue weighted by molar-refractivity contribution is 5.92. The van der Waals surface area contributed by atoms with Gasteiger partial charge in [-0.15, -0.1) is 0 Å². The summed E-state index contributed by atoms with van der Waals surface area (Å²) in [4.78, 5) is 25.7. The van der Waals surface area contributed by atoms with Crippen LogP contribution in [0.25, 0.3) is 0 Å². The minimum Gasteiger partial charge on any atom is -0.386 e. The predicted octanol–water partition coefficient (Wildman–Crippen LogP) is 2.15. The van der Waals surface area contributed by atoms with Crippen molar-refractivity contribution in [1.82, 2.24) is 4.90 Å². The van der Waals surface area contributed by atoms with Crippen molar-refractivity contribution >= 4 is 17.5 Å². The largest absolute Gasteiger partial charge is 0.386 e. The lowest BCUT2D eigenvalue weighted by atomic mass is 10.00. The monoisotopic (exact) mass is 368 g/mol. The Bertz CT molecular complexity index is 777.